The average molecular weight is 321 g/mol. The van der Waals surface area contributed by atoms with Crippen LogP contribution in [0.4, 0.5) is 11.6 Å². The van der Waals surface area contributed by atoms with Crippen LogP contribution in [0.15, 0.2) is 71.5 Å². The maximum atomic E-state index is 12.1. The summed E-state index contributed by atoms with van der Waals surface area (Å²) in [6.45, 7) is 0. The van der Waals surface area contributed by atoms with E-state index >= 15 is 0 Å². The van der Waals surface area contributed by atoms with Gasteiger partial charge in [-0.2, -0.15) is 4.98 Å². The van der Waals surface area contributed by atoms with E-state index in [0.29, 0.717) is 5.69 Å². The van der Waals surface area contributed by atoms with Crippen LogP contribution in [-0.4, -0.2) is 22.6 Å². The van der Waals surface area contributed by atoms with Gasteiger partial charge in [-0.05, 0) is 24.3 Å². The van der Waals surface area contributed by atoms with Gasteiger partial charge < -0.3 is 10.1 Å². The van der Waals surface area contributed by atoms with E-state index in [4.69, 9.17) is 4.74 Å². The Hall–Kier alpha value is -3.41. The Morgan fingerprint density at radius 3 is 2.29 bits per heavy atom. The summed E-state index contributed by atoms with van der Waals surface area (Å²) < 4.78 is 6.36. The summed E-state index contributed by atoms with van der Waals surface area (Å²) in [4.78, 5) is 28.1. The van der Waals surface area contributed by atoms with E-state index in [9.17, 15) is 9.59 Å². The summed E-state index contributed by atoms with van der Waals surface area (Å²) in [7, 11) is 1.27. The molecule has 0 spiro atoms. The number of rotatable bonds is 4. The van der Waals surface area contributed by atoms with Crippen molar-refractivity contribution in [3.63, 3.8) is 0 Å². The number of aromatic nitrogens is 2. The van der Waals surface area contributed by atoms with Crippen LogP contribution in [0.25, 0.3) is 5.69 Å². The van der Waals surface area contributed by atoms with E-state index < -0.39 is 11.5 Å². The van der Waals surface area contributed by atoms with Gasteiger partial charge in [0.25, 0.3) is 5.56 Å². The lowest BCUT2D eigenvalue weighted by molar-refractivity contribution is 0.0590. The van der Waals surface area contributed by atoms with Gasteiger partial charge in [0, 0.05) is 17.4 Å². The van der Waals surface area contributed by atoms with Crippen molar-refractivity contribution in [3.8, 4) is 5.69 Å². The zero-order chi connectivity index (χ0) is 16.9. The van der Waals surface area contributed by atoms with E-state index in [0.717, 1.165) is 11.8 Å². The number of ether oxygens (including phenoxy) is 1. The maximum Gasteiger partial charge on any atom is 0.355 e. The summed E-state index contributed by atoms with van der Waals surface area (Å²) in [6, 6.07) is 19.6. The molecule has 0 unspecified atom stereocenters. The van der Waals surface area contributed by atoms with Crippen molar-refractivity contribution in [1.29, 1.82) is 0 Å². The molecule has 1 N–H and O–H groups in total. The molecule has 0 saturated carbocycles. The topological polar surface area (TPSA) is 73.2 Å². The van der Waals surface area contributed by atoms with Crippen LogP contribution in [0.1, 0.15) is 10.5 Å². The molecule has 0 atom stereocenters. The Labute approximate surface area is 138 Å². The van der Waals surface area contributed by atoms with Crippen LogP contribution in [0.5, 0.6) is 0 Å². The standard InChI is InChI=1S/C18H15N3O3/c1-24-17(23)15-12-16(22)20-18(19-13-8-4-2-5-9-13)21(15)14-10-6-3-7-11-14/h2-12H,1H3,(H,19,20,22). The van der Waals surface area contributed by atoms with Gasteiger partial charge >= 0.3 is 5.97 Å². The zero-order valence-electron chi connectivity index (χ0n) is 13.0. The van der Waals surface area contributed by atoms with Crippen molar-refractivity contribution in [3.05, 3.63) is 82.8 Å². The van der Waals surface area contributed by atoms with Crippen molar-refractivity contribution in [1.82, 2.24) is 9.55 Å². The van der Waals surface area contributed by atoms with E-state index in [1.165, 1.54) is 7.11 Å². The van der Waals surface area contributed by atoms with Crippen molar-refractivity contribution in [2.24, 2.45) is 0 Å². The first-order valence-electron chi connectivity index (χ1n) is 7.29. The zero-order valence-corrected chi connectivity index (χ0v) is 13.0. The quantitative estimate of drug-likeness (QED) is 0.748. The van der Waals surface area contributed by atoms with Crippen molar-refractivity contribution < 1.29 is 9.53 Å². The lowest BCUT2D eigenvalue weighted by Crippen LogP contribution is -2.22. The predicted molar refractivity (Wildman–Crippen MR) is 90.9 cm³/mol. The fourth-order valence-corrected chi connectivity index (χ4v) is 2.31. The highest BCUT2D eigenvalue weighted by atomic mass is 16.5. The Bertz CT molecular complexity index is 906. The number of methoxy groups -OCH3 is 1. The number of benzene rings is 2. The number of hydrogen-bond donors (Lipinski definition) is 1. The van der Waals surface area contributed by atoms with Gasteiger partial charge in [-0.15, -0.1) is 0 Å². The number of anilines is 2. The first-order chi connectivity index (χ1) is 11.7. The third-order valence-electron chi connectivity index (χ3n) is 3.37. The minimum Gasteiger partial charge on any atom is -0.464 e. The molecule has 3 aromatic rings. The summed E-state index contributed by atoms with van der Waals surface area (Å²) in [5.74, 6) is -0.380. The molecule has 1 heterocycles. The summed E-state index contributed by atoms with van der Waals surface area (Å²) in [5, 5.41) is 3.08. The first-order valence-corrected chi connectivity index (χ1v) is 7.29. The lowest BCUT2D eigenvalue weighted by Gasteiger charge is -2.17. The van der Waals surface area contributed by atoms with Crippen LogP contribution in [0, 0.1) is 0 Å². The SMILES string of the molecule is COC(=O)c1cc(=O)nc(Nc2ccccc2)n1-c1ccccc1. The Balaban J connectivity index is 2.21. The Morgan fingerprint density at radius 2 is 1.67 bits per heavy atom. The largest absolute Gasteiger partial charge is 0.464 e. The summed E-state index contributed by atoms with van der Waals surface area (Å²) in [6.07, 6.45) is 0. The molecule has 0 saturated heterocycles. The predicted octanol–water partition coefficient (Wildman–Crippen LogP) is 2.76. The minimum absolute atomic E-state index is 0.0992. The lowest BCUT2D eigenvalue weighted by atomic mass is 10.3. The smallest absolute Gasteiger partial charge is 0.355 e. The molecular formula is C18H15N3O3. The molecule has 3 rings (SSSR count). The fourth-order valence-electron chi connectivity index (χ4n) is 2.31. The summed E-state index contributed by atoms with van der Waals surface area (Å²) in [5.41, 5.74) is 1.00. The van der Waals surface area contributed by atoms with Crippen LogP contribution >= 0.6 is 0 Å². The fraction of sp³-hybridized carbons (Fsp3) is 0.0556. The molecule has 0 fully saturated rings. The van der Waals surface area contributed by atoms with E-state index in [2.05, 4.69) is 10.3 Å². The Morgan fingerprint density at radius 1 is 1.04 bits per heavy atom. The van der Waals surface area contributed by atoms with Crippen molar-refractivity contribution in [2.75, 3.05) is 12.4 Å². The number of carbonyl (C=O) groups excluding carboxylic acids is 1. The van der Waals surface area contributed by atoms with Gasteiger partial charge in [0.1, 0.15) is 5.69 Å². The molecule has 0 aliphatic heterocycles. The molecule has 24 heavy (non-hydrogen) atoms. The third-order valence-corrected chi connectivity index (χ3v) is 3.37. The van der Waals surface area contributed by atoms with Crippen LogP contribution in [0.3, 0.4) is 0 Å². The van der Waals surface area contributed by atoms with Gasteiger partial charge in [0.2, 0.25) is 5.95 Å². The summed E-state index contributed by atoms with van der Waals surface area (Å²) >= 11 is 0. The second kappa shape index (κ2) is 6.78. The molecule has 0 radical (unpaired) electrons. The normalized spacial score (nSPS) is 10.2. The van der Waals surface area contributed by atoms with Crippen LogP contribution < -0.4 is 10.9 Å². The van der Waals surface area contributed by atoms with Gasteiger partial charge in [-0.1, -0.05) is 36.4 Å². The molecule has 6 nitrogen and oxygen atoms in total. The molecule has 1 aromatic heterocycles. The maximum absolute atomic E-state index is 12.1. The highest BCUT2D eigenvalue weighted by Gasteiger charge is 2.18. The molecule has 0 aliphatic carbocycles. The van der Waals surface area contributed by atoms with Gasteiger partial charge in [-0.25, -0.2) is 4.79 Å². The van der Waals surface area contributed by atoms with Gasteiger partial charge in [-0.3, -0.25) is 9.36 Å². The van der Waals surface area contributed by atoms with Crippen LogP contribution in [0.2, 0.25) is 0 Å². The highest BCUT2D eigenvalue weighted by Crippen LogP contribution is 2.20. The number of nitrogens with zero attached hydrogens (tertiary/aromatic N) is 2. The van der Waals surface area contributed by atoms with Gasteiger partial charge in [0.05, 0.1) is 7.11 Å². The number of carbonyl (C=O) groups is 1. The van der Waals surface area contributed by atoms with E-state index in [1.807, 2.05) is 60.7 Å². The number of para-hydroxylation sites is 2. The molecule has 0 bridgehead atoms. The number of hydrogen-bond acceptors (Lipinski definition) is 5. The van der Waals surface area contributed by atoms with Crippen LogP contribution in [-0.2, 0) is 4.74 Å². The second-order valence-electron chi connectivity index (χ2n) is 4.96. The van der Waals surface area contributed by atoms with E-state index in [-0.39, 0.29) is 11.6 Å². The molecule has 120 valence electrons. The molecule has 2 aromatic carbocycles. The Kier molecular flexibility index (Phi) is 4.38. The molecule has 6 heteroatoms. The average Bonchev–Trinajstić information content (AvgIpc) is 2.62. The monoisotopic (exact) mass is 321 g/mol. The van der Waals surface area contributed by atoms with E-state index in [1.54, 1.807) is 4.57 Å². The molecule has 0 amide bonds. The molecule has 0 aliphatic rings. The van der Waals surface area contributed by atoms with Gasteiger partial charge in [0.15, 0.2) is 0 Å². The second-order valence-corrected chi connectivity index (χ2v) is 4.96. The van der Waals surface area contributed by atoms with Crippen molar-refractivity contribution in [2.45, 2.75) is 0 Å². The first kappa shape index (κ1) is 15.5. The number of esters is 1. The highest BCUT2D eigenvalue weighted by molar-refractivity contribution is 5.88. The molecular weight excluding hydrogens is 306 g/mol. The number of nitrogens with one attached hydrogen (secondary N) is 1. The minimum atomic E-state index is -0.616. The third kappa shape index (κ3) is 3.17. The van der Waals surface area contributed by atoms with Crippen molar-refractivity contribution >= 4 is 17.6 Å².